The standard InChI is InChI=1S/C12H14N2O/c1-2-14(15)9-10-7-8-13-12-6-4-3-5-11(10)12/h3-8,15H,2,9H2,1H3. The van der Waals surface area contributed by atoms with E-state index in [-0.39, 0.29) is 0 Å². The van der Waals surface area contributed by atoms with Crippen LogP contribution in [0.25, 0.3) is 10.9 Å². The van der Waals surface area contributed by atoms with E-state index in [1.54, 1.807) is 6.20 Å². The van der Waals surface area contributed by atoms with Crippen LogP contribution in [0, 0.1) is 0 Å². The topological polar surface area (TPSA) is 36.4 Å². The zero-order chi connectivity index (χ0) is 10.7. The van der Waals surface area contributed by atoms with Crippen molar-refractivity contribution in [1.82, 2.24) is 10.0 Å². The fourth-order valence-electron chi connectivity index (χ4n) is 1.60. The van der Waals surface area contributed by atoms with Gasteiger partial charge in [0.25, 0.3) is 0 Å². The van der Waals surface area contributed by atoms with Crippen LogP contribution < -0.4 is 0 Å². The number of fused-ring (bicyclic) bond motifs is 1. The average molecular weight is 202 g/mol. The molecule has 1 heterocycles. The molecule has 3 nitrogen and oxygen atoms in total. The molecule has 15 heavy (non-hydrogen) atoms. The van der Waals surface area contributed by atoms with Gasteiger partial charge >= 0.3 is 0 Å². The number of hydrogen-bond acceptors (Lipinski definition) is 3. The van der Waals surface area contributed by atoms with Gasteiger partial charge in [-0.2, -0.15) is 5.06 Å². The molecule has 78 valence electrons. The summed E-state index contributed by atoms with van der Waals surface area (Å²) in [5.41, 5.74) is 2.07. The summed E-state index contributed by atoms with van der Waals surface area (Å²) in [4.78, 5) is 4.27. The minimum absolute atomic E-state index is 0.541. The van der Waals surface area contributed by atoms with E-state index in [0.29, 0.717) is 13.1 Å². The van der Waals surface area contributed by atoms with Gasteiger partial charge in [-0.1, -0.05) is 25.1 Å². The van der Waals surface area contributed by atoms with Gasteiger partial charge in [0.15, 0.2) is 0 Å². The van der Waals surface area contributed by atoms with Crippen molar-refractivity contribution in [2.45, 2.75) is 13.5 Å². The van der Waals surface area contributed by atoms with Crippen molar-refractivity contribution in [2.75, 3.05) is 6.54 Å². The Labute approximate surface area is 88.9 Å². The Morgan fingerprint density at radius 2 is 2.07 bits per heavy atom. The summed E-state index contributed by atoms with van der Waals surface area (Å²) in [6.07, 6.45) is 1.78. The third-order valence-corrected chi connectivity index (χ3v) is 2.46. The first kappa shape index (κ1) is 10.1. The molecule has 2 aromatic rings. The van der Waals surface area contributed by atoms with Crippen molar-refractivity contribution in [2.24, 2.45) is 0 Å². The van der Waals surface area contributed by atoms with E-state index >= 15 is 0 Å². The SMILES string of the molecule is CCN(O)Cc1ccnc2ccccc12. The minimum Gasteiger partial charge on any atom is -0.314 e. The van der Waals surface area contributed by atoms with E-state index in [9.17, 15) is 5.21 Å². The molecule has 0 aliphatic rings. The largest absolute Gasteiger partial charge is 0.314 e. The van der Waals surface area contributed by atoms with Crippen LogP contribution in [0.3, 0.4) is 0 Å². The Hall–Kier alpha value is -1.45. The second kappa shape index (κ2) is 4.38. The number of pyridine rings is 1. The Balaban J connectivity index is 2.42. The first-order valence-corrected chi connectivity index (χ1v) is 5.07. The normalized spacial score (nSPS) is 11.1. The second-order valence-electron chi connectivity index (χ2n) is 3.47. The summed E-state index contributed by atoms with van der Waals surface area (Å²) in [7, 11) is 0. The first-order valence-electron chi connectivity index (χ1n) is 5.07. The van der Waals surface area contributed by atoms with Crippen molar-refractivity contribution >= 4 is 10.9 Å². The Kier molecular flexibility index (Phi) is 2.94. The highest BCUT2D eigenvalue weighted by Gasteiger charge is 2.04. The van der Waals surface area contributed by atoms with E-state index < -0.39 is 0 Å². The maximum Gasteiger partial charge on any atom is 0.0705 e. The van der Waals surface area contributed by atoms with Gasteiger partial charge < -0.3 is 5.21 Å². The van der Waals surface area contributed by atoms with Crippen molar-refractivity contribution in [3.63, 3.8) is 0 Å². The van der Waals surface area contributed by atoms with Crippen LogP contribution in [0.1, 0.15) is 12.5 Å². The van der Waals surface area contributed by atoms with Gasteiger partial charge in [0.1, 0.15) is 0 Å². The number of hydrogen-bond donors (Lipinski definition) is 1. The van der Waals surface area contributed by atoms with E-state index in [1.165, 1.54) is 5.06 Å². The van der Waals surface area contributed by atoms with Gasteiger partial charge in [0.05, 0.1) is 5.52 Å². The smallest absolute Gasteiger partial charge is 0.0705 e. The van der Waals surface area contributed by atoms with Gasteiger partial charge in [-0.25, -0.2) is 0 Å². The summed E-state index contributed by atoms with van der Waals surface area (Å²) in [5.74, 6) is 0. The van der Waals surface area contributed by atoms with Crippen molar-refractivity contribution < 1.29 is 5.21 Å². The molecule has 0 saturated heterocycles. The molecule has 0 radical (unpaired) electrons. The Bertz CT molecular complexity index is 451. The van der Waals surface area contributed by atoms with Gasteiger partial charge in [-0.15, -0.1) is 0 Å². The van der Waals surface area contributed by atoms with Crippen LogP contribution in [-0.2, 0) is 6.54 Å². The van der Waals surface area contributed by atoms with Crippen LogP contribution in [-0.4, -0.2) is 21.8 Å². The molecule has 1 aromatic carbocycles. The van der Waals surface area contributed by atoms with E-state index in [0.717, 1.165) is 16.5 Å². The zero-order valence-corrected chi connectivity index (χ0v) is 8.72. The number of para-hydroxylation sites is 1. The molecule has 3 heteroatoms. The summed E-state index contributed by atoms with van der Waals surface area (Å²) in [5, 5.41) is 11.9. The fraction of sp³-hybridized carbons (Fsp3) is 0.250. The summed E-state index contributed by atoms with van der Waals surface area (Å²) < 4.78 is 0. The third kappa shape index (κ3) is 2.14. The summed E-state index contributed by atoms with van der Waals surface area (Å²) in [6, 6.07) is 9.91. The molecule has 0 saturated carbocycles. The molecule has 0 aliphatic carbocycles. The molecule has 0 amide bonds. The van der Waals surface area contributed by atoms with Crippen LogP contribution in [0.5, 0.6) is 0 Å². The van der Waals surface area contributed by atoms with E-state index in [1.807, 2.05) is 37.3 Å². The fourth-order valence-corrected chi connectivity index (χ4v) is 1.60. The molecule has 1 aromatic heterocycles. The van der Waals surface area contributed by atoms with Crippen LogP contribution in [0.15, 0.2) is 36.5 Å². The molecule has 0 spiro atoms. The predicted octanol–water partition coefficient (Wildman–Crippen LogP) is 2.45. The van der Waals surface area contributed by atoms with Crippen molar-refractivity contribution in [3.05, 3.63) is 42.1 Å². The van der Waals surface area contributed by atoms with Gasteiger partial charge in [-0.3, -0.25) is 4.98 Å². The number of hydroxylamine groups is 2. The number of aromatic nitrogens is 1. The third-order valence-electron chi connectivity index (χ3n) is 2.46. The Morgan fingerprint density at radius 1 is 1.27 bits per heavy atom. The maximum atomic E-state index is 9.48. The van der Waals surface area contributed by atoms with Crippen LogP contribution in [0.4, 0.5) is 0 Å². The molecule has 0 bridgehead atoms. The summed E-state index contributed by atoms with van der Waals surface area (Å²) >= 11 is 0. The zero-order valence-electron chi connectivity index (χ0n) is 8.72. The first-order chi connectivity index (χ1) is 7.31. The van der Waals surface area contributed by atoms with Gasteiger partial charge in [0, 0.05) is 24.7 Å². The Morgan fingerprint density at radius 3 is 2.87 bits per heavy atom. The van der Waals surface area contributed by atoms with Crippen molar-refractivity contribution in [3.8, 4) is 0 Å². The maximum absolute atomic E-state index is 9.48. The monoisotopic (exact) mass is 202 g/mol. The quantitative estimate of drug-likeness (QED) is 0.777. The van der Waals surface area contributed by atoms with Crippen LogP contribution in [0.2, 0.25) is 0 Å². The van der Waals surface area contributed by atoms with Crippen LogP contribution >= 0.6 is 0 Å². The average Bonchev–Trinajstić information content (AvgIpc) is 2.29. The highest BCUT2D eigenvalue weighted by atomic mass is 16.5. The molecule has 0 unspecified atom stereocenters. The highest BCUT2D eigenvalue weighted by molar-refractivity contribution is 5.81. The lowest BCUT2D eigenvalue weighted by atomic mass is 10.1. The number of nitrogens with zero attached hydrogens (tertiary/aromatic N) is 2. The number of benzene rings is 1. The molecule has 1 N–H and O–H groups in total. The van der Waals surface area contributed by atoms with E-state index in [2.05, 4.69) is 4.98 Å². The lowest BCUT2D eigenvalue weighted by molar-refractivity contribution is -0.0943. The predicted molar refractivity (Wildman–Crippen MR) is 59.6 cm³/mol. The molecule has 0 aliphatic heterocycles. The van der Waals surface area contributed by atoms with Crippen molar-refractivity contribution in [1.29, 1.82) is 0 Å². The molecular formula is C12H14N2O. The molecule has 0 atom stereocenters. The lowest BCUT2D eigenvalue weighted by Crippen LogP contribution is -2.17. The molecular weight excluding hydrogens is 188 g/mol. The van der Waals surface area contributed by atoms with Gasteiger partial charge in [0.2, 0.25) is 0 Å². The van der Waals surface area contributed by atoms with Gasteiger partial charge in [-0.05, 0) is 17.7 Å². The highest BCUT2D eigenvalue weighted by Crippen LogP contribution is 2.17. The lowest BCUT2D eigenvalue weighted by Gasteiger charge is -2.13. The van der Waals surface area contributed by atoms with E-state index in [4.69, 9.17) is 0 Å². The molecule has 0 fully saturated rings. The number of rotatable bonds is 3. The minimum atomic E-state index is 0.541. The second-order valence-corrected chi connectivity index (χ2v) is 3.47. The molecule has 2 rings (SSSR count). The summed E-state index contributed by atoms with van der Waals surface area (Å²) in [6.45, 7) is 3.08.